The highest BCUT2D eigenvalue weighted by Crippen LogP contribution is 2.39. The van der Waals surface area contributed by atoms with Crippen molar-refractivity contribution in [3.63, 3.8) is 0 Å². The summed E-state index contributed by atoms with van der Waals surface area (Å²) in [5.41, 5.74) is 1.02. The number of ether oxygens (including phenoxy) is 1. The summed E-state index contributed by atoms with van der Waals surface area (Å²) in [4.78, 5) is 12.1. The highest BCUT2D eigenvalue weighted by Gasteiger charge is 2.52. The Hall–Kier alpha value is -1.99. The summed E-state index contributed by atoms with van der Waals surface area (Å²) in [6.07, 6.45) is 1.42. The van der Waals surface area contributed by atoms with E-state index in [-0.39, 0.29) is 12.3 Å². The van der Waals surface area contributed by atoms with Gasteiger partial charge in [-0.15, -0.1) is 0 Å². The van der Waals surface area contributed by atoms with E-state index in [1.54, 1.807) is 12.1 Å². The van der Waals surface area contributed by atoms with Crippen molar-refractivity contribution in [1.29, 1.82) is 0 Å². The van der Waals surface area contributed by atoms with Crippen LogP contribution in [0.3, 0.4) is 0 Å². The van der Waals surface area contributed by atoms with Crippen LogP contribution in [0.4, 0.5) is 4.79 Å². The number of benzene rings is 1. The molecule has 1 saturated heterocycles. The van der Waals surface area contributed by atoms with Crippen molar-refractivity contribution in [2.24, 2.45) is 0 Å². The van der Waals surface area contributed by atoms with Gasteiger partial charge in [0.1, 0.15) is 11.4 Å². The van der Waals surface area contributed by atoms with Gasteiger partial charge in [0.15, 0.2) is 0 Å². The number of aromatic hydroxyl groups is 1. The van der Waals surface area contributed by atoms with Crippen LogP contribution in [0, 0.1) is 6.92 Å². The molecule has 0 unspecified atom stereocenters. The van der Waals surface area contributed by atoms with Gasteiger partial charge in [0.25, 0.3) is 0 Å². The summed E-state index contributed by atoms with van der Waals surface area (Å²) in [5, 5.41) is 12.4. The van der Waals surface area contributed by atoms with E-state index in [9.17, 15) is 9.90 Å². The Balaban J connectivity index is 2.28. The zero-order valence-electron chi connectivity index (χ0n) is 18.2. The van der Waals surface area contributed by atoms with E-state index in [2.05, 4.69) is 5.32 Å². The number of nitrogens with one attached hydrogen (secondary N) is 1. The SMILES string of the molecule is Cc1cc(O)ccc1C=C(CNC(=O)OC(C)(C)C)B1OC(C)(C)C(C)(C)O1. The number of hydrogen-bond acceptors (Lipinski definition) is 5. The summed E-state index contributed by atoms with van der Waals surface area (Å²) in [7, 11) is -0.604. The van der Waals surface area contributed by atoms with Crippen molar-refractivity contribution in [3.8, 4) is 5.75 Å². The first kappa shape index (κ1) is 22.3. The molecule has 1 aliphatic heterocycles. The average molecular weight is 389 g/mol. The number of aryl methyl sites for hydroxylation is 1. The molecule has 7 heteroatoms. The lowest BCUT2D eigenvalue weighted by atomic mass is 9.76. The molecule has 0 spiro atoms. The maximum Gasteiger partial charge on any atom is 0.492 e. The van der Waals surface area contributed by atoms with Gasteiger partial charge in [-0.3, -0.25) is 0 Å². The molecule has 1 amide bonds. The number of phenolic OH excluding ortho intramolecular Hbond substituents is 1. The van der Waals surface area contributed by atoms with Crippen LogP contribution in [0.25, 0.3) is 6.08 Å². The Morgan fingerprint density at radius 3 is 2.29 bits per heavy atom. The minimum absolute atomic E-state index is 0.207. The van der Waals surface area contributed by atoms with Gasteiger partial charge in [-0.1, -0.05) is 12.1 Å². The number of hydrogen-bond donors (Lipinski definition) is 2. The predicted octanol–water partition coefficient (Wildman–Crippen LogP) is 4.24. The Labute approximate surface area is 168 Å². The number of carbonyl (C=O) groups excluding carboxylic acids is 1. The molecule has 1 heterocycles. The lowest BCUT2D eigenvalue weighted by molar-refractivity contribution is 0.00578. The van der Waals surface area contributed by atoms with Gasteiger partial charge in [0.05, 0.1) is 11.2 Å². The maximum atomic E-state index is 12.1. The molecule has 0 radical (unpaired) electrons. The van der Waals surface area contributed by atoms with E-state index in [0.29, 0.717) is 0 Å². The molecule has 1 aromatic carbocycles. The van der Waals surface area contributed by atoms with Crippen LogP contribution in [-0.4, -0.2) is 41.7 Å². The molecule has 154 valence electrons. The smallest absolute Gasteiger partial charge is 0.492 e. The van der Waals surface area contributed by atoms with Gasteiger partial charge < -0.3 is 24.5 Å². The fourth-order valence-electron chi connectivity index (χ4n) is 2.71. The van der Waals surface area contributed by atoms with Crippen LogP contribution in [0.1, 0.15) is 59.6 Å². The van der Waals surface area contributed by atoms with E-state index >= 15 is 0 Å². The van der Waals surface area contributed by atoms with Crippen LogP contribution >= 0.6 is 0 Å². The van der Waals surface area contributed by atoms with Crippen LogP contribution in [0.2, 0.25) is 0 Å². The van der Waals surface area contributed by atoms with E-state index in [1.165, 1.54) is 0 Å². The van der Waals surface area contributed by atoms with Crippen LogP contribution < -0.4 is 5.32 Å². The third kappa shape index (κ3) is 5.52. The van der Waals surface area contributed by atoms with Crippen molar-refractivity contribution in [2.75, 3.05) is 6.54 Å². The molecular formula is C21H32BNO5. The second-order valence-electron chi connectivity index (χ2n) is 9.20. The molecule has 0 aromatic heterocycles. The topological polar surface area (TPSA) is 77.0 Å². The van der Waals surface area contributed by atoms with Crippen molar-refractivity contribution in [2.45, 2.75) is 72.2 Å². The Morgan fingerprint density at radius 2 is 1.79 bits per heavy atom. The largest absolute Gasteiger partial charge is 0.508 e. The third-order valence-electron chi connectivity index (χ3n) is 4.99. The fraction of sp³-hybridized carbons (Fsp3) is 0.571. The Morgan fingerprint density at radius 1 is 1.21 bits per heavy atom. The standard InChI is InChI=1S/C21H32BNO5/c1-14-11-17(24)10-9-15(14)12-16(13-23-18(25)26-19(2,3)4)22-27-20(5,6)21(7,8)28-22/h9-12,24H,13H2,1-8H3,(H,23,25). The first-order valence-electron chi connectivity index (χ1n) is 9.53. The number of carbonyl (C=O) groups is 1. The fourth-order valence-corrected chi connectivity index (χ4v) is 2.71. The quantitative estimate of drug-likeness (QED) is 0.754. The Kier molecular flexibility index (Phi) is 6.21. The van der Waals surface area contributed by atoms with Gasteiger partial charge in [0.2, 0.25) is 0 Å². The van der Waals surface area contributed by atoms with Crippen molar-refractivity contribution < 1.29 is 23.9 Å². The first-order chi connectivity index (χ1) is 12.7. The average Bonchev–Trinajstić information content (AvgIpc) is 2.71. The minimum Gasteiger partial charge on any atom is -0.508 e. The summed E-state index contributed by atoms with van der Waals surface area (Å²) >= 11 is 0. The normalized spacial score (nSPS) is 18.9. The molecule has 2 N–H and O–H groups in total. The molecule has 28 heavy (non-hydrogen) atoms. The van der Waals surface area contributed by atoms with Gasteiger partial charge >= 0.3 is 13.2 Å². The molecular weight excluding hydrogens is 357 g/mol. The van der Waals surface area contributed by atoms with E-state index in [1.807, 2.05) is 67.5 Å². The molecule has 0 bridgehead atoms. The Bertz CT molecular complexity index is 749. The summed E-state index contributed by atoms with van der Waals surface area (Å²) in [5.74, 6) is 0.207. The summed E-state index contributed by atoms with van der Waals surface area (Å²) < 4.78 is 17.7. The highest BCUT2D eigenvalue weighted by atomic mass is 16.7. The maximum absolute atomic E-state index is 12.1. The number of rotatable bonds is 4. The van der Waals surface area contributed by atoms with Gasteiger partial charge in [0, 0.05) is 6.54 Å². The molecule has 2 rings (SSSR count). The van der Waals surface area contributed by atoms with Crippen molar-refractivity contribution in [3.05, 3.63) is 34.8 Å². The van der Waals surface area contributed by atoms with Crippen molar-refractivity contribution >= 4 is 19.3 Å². The lowest BCUT2D eigenvalue weighted by Crippen LogP contribution is -2.41. The molecule has 0 aliphatic carbocycles. The van der Waals surface area contributed by atoms with E-state index in [0.717, 1.165) is 16.6 Å². The summed E-state index contributed by atoms with van der Waals surface area (Å²) in [6.45, 7) is 15.5. The molecule has 1 fully saturated rings. The monoisotopic (exact) mass is 389 g/mol. The molecule has 1 aliphatic rings. The summed E-state index contributed by atoms with van der Waals surface area (Å²) in [6, 6.07) is 5.14. The number of alkyl carbamates (subject to hydrolysis) is 1. The second kappa shape index (κ2) is 7.80. The number of amides is 1. The zero-order chi connectivity index (χ0) is 21.3. The van der Waals surface area contributed by atoms with Crippen LogP contribution in [-0.2, 0) is 14.0 Å². The second-order valence-corrected chi connectivity index (χ2v) is 9.20. The number of phenols is 1. The first-order valence-corrected chi connectivity index (χ1v) is 9.53. The van der Waals surface area contributed by atoms with Crippen LogP contribution in [0.15, 0.2) is 23.7 Å². The zero-order valence-corrected chi connectivity index (χ0v) is 18.2. The lowest BCUT2D eigenvalue weighted by Gasteiger charge is -2.32. The molecule has 6 nitrogen and oxygen atoms in total. The van der Waals surface area contributed by atoms with Crippen molar-refractivity contribution in [1.82, 2.24) is 5.32 Å². The van der Waals surface area contributed by atoms with Gasteiger partial charge in [-0.25, -0.2) is 4.79 Å². The van der Waals surface area contributed by atoms with E-state index in [4.69, 9.17) is 14.0 Å². The minimum atomic E-state index is -0.604. The molecule has 0 atom stereocenters. The molecule has 1 aromatic rings. The third-order valence-corrected chi connectivity index (χ3v) is 4.99. The van der Waals surface area contributed by atoms with E-state index < -0.39 is 30.0 Å². The highest BCUT2D eigenvalue weighted by molar-refractivity contribution is 6.56. The predicted molar refractivity (Wildman–Crippen MR) is 111 cm³/mol. The van der Waals surface area contributed by atoms with Gasteiger partial charge in [-0.2, -0.15) is 0 Å². The van der Waals surface area contributed by atoms with Gasteiger partial charge in [-0.05, 0) is 84.1 Å². The van der Waals surface area contributed by atoms with Crippen LogP contribution in [0.5, 0.6) is 5.75 Å². The molecule has 0 saturated carbocycles.